The highest BCUT2D eigenvalue weighted by Crippen LogP contribution is 2.20. The van der Waals surface area contributed by atoms with Gasteiger partial charge in [0.25, 0.3) is 5.91 Å². The van der Waals surface area contributed by atoms with Crippen molar-refractivity contribution in [3.63, 3.8) is 0 Å². The standard InChI is InChI=1S/C18H31N5O3S/c1-20-14-8-19-17(20)18(24)22-12-5-7-16(15-22)23(27(2,25)26)13-6-11-21-9-3-4-10-21/h8,14,16H,3-7,9-13,15H2,1-2H3. The molecule has 1 aromatic rings. The number of amides is 1. The van der Waals surface area contributed by atoms with Crippen LogP contribution in [-0.4, -0.2) is 89.5 Å². The second kappa shape index (κ2) is 8.70. The minimum absolute atomic E-state index is 0.127. The molecular formula is C18H31N5O3S. The maximum atomic E-state index is 12.8. The summed E-state index contributed by atoms with van der Waals surface area (Å²) in [7, 11) is -1.52. The molecule has 0 saturated carbocycles. The van der Waals surface area contributed by atoms with Crippen molar-refractivity contribution in [2.24, 2.45) is 7.05 Å². The highest BCUT2D eigenvalue weighted by atomic mass is 32.2. The Balaban J connectivity index is 1.63. The second-order valence-electron chi connectivity index (χ2n) is 7.68. The van der Waals surface area contributed by atoms with E-state index in [4.69, 9.17) is 0 Å². The van der Waals surface area contributed by atoms with E-state index < -0.39 is 10.0 Å². The van der Waals surface area contributed by atoms with Gasteiger partial charge < -0.3 is 14.4 Å². The molecule has 0 aliphatic carbocycles. The van der Waals surface area contributed by atoms with Gasteiger partial charge in [-0.25, -0.2) is 13.4 Å². The van der Waals surface area contributed by atoms with Gasteiger partial charge in [0.05, 0.1) is 6.26 Å². The van der Waals surface area contributed by atoms with E-state index in [2.05, 4.69) is 9.88 Å². The van der Waals surface area contributed by atoms with E-state index in [9.17, 15) is 13.2 Å². The van der Waals surface area contributed by atoms with Crippen LogP contribution in [0.4, 0.5) is 0 Å². The van der Waals surface area contributed by atoms with Gasteiger partial charge in [-0.3, -0.25) is 4.79 Å². The summed E-state index contributed by atoms with van der Waals surface area (Å²) in [4.78, 5) is 21.0. The van der Waals surface area contributed by atoms with Crippen LogP contribution in [0.1, 0.15) is 42.7 Å². The van der Waals surface area contributed by atoms with Crippen LogP contribution in [0.15, 0.2) is 12.4 Å². The third-order valence-corrected chi connectivity index (χ3v) is 6.91. The maximum absolute atomic E-state index is 12.8. The highest BCUT2D eigenvalue weighted by Gasteiger charge is 2.33. The van der Waals surface area contributed by atoms with Crippen molar-refractivity contribution in [1.82, 2.24) is 23.7 Å². The summed E-state index contributed by atoms with van der Waals surface area (Å²) in [5, 5.41) is 0. The molecule has 27 heavy (non-hydrogen) atoms. The lowest BCUT2D eigenvalue weighted by Gasteiger charge is -2.38. The first-order chi connectivity index (χ1) is 12.9. The molecular weight excluding hydrogens is 366 g/mol. The zero-order valence-electron chi connectivity index (χ0n) is 16.4. The summed E-state index contributed by atoms with van der Waals surface area (Å²) in [5.74, 6) is 0.272. The van der Waals surface area contributed by atoms with Crippen LogP contribution in [-0.2, 0) is 17.1 Å². The molecule has 2 fully saturated rings. The van der Waals surface area contributed by atoms with E-state index in [0.717, 1.165) is 38.9 Å². The first-order valence-electron chi connectivity index (χ1n) is 9.82. The monoisotopic (exact) mass is 397 g/mol. The van der Waals surface area contributed by atoms with Crippen LogP contribution < -0.4 is 0 Å². The molecule has 1 amide bonds. The fourth-order valence-corrected chi connectivity index (χ4v) is 5.34. The molecule has 0 spiro atoms. The first kappa shape index (κ1) is 20.3. The van der Waals surface area contributed by atoms with Crippen LogP contribution in [0.5, 0.6) is 0 Å². The quantitative estimate of drug-likeness (QED) is 0.679. The molecule has 3 rings (SSSR count). The van der Waals surface area contributed by atoms with Crippen molar-refractivity contribution in [3.05, 3.63) is 18.2 Å². The van der Waals surface area contributed by atoms with Crippen LogP contribution in [0.25, 0.3) is 0 Å². The first-order valence-corrected chi connectivity index (χ1v) is 11.7. The van der Waals surface area contributed by atoms with Crippen molar-refractivity contribution in [2.45, 2.75) is 38.1 Å². The Kier molecular flexibility index (Phi) is 6.54. The lowest BCUT2D eigenvalue weighted by molar-refractivity contribution is 0.0637. The second-order valence-corrected chi connectivity index (χ2v) is 9.62. The third-order valence-electron chi connectivity index (χ3n) is 5.58. The van der Waals surface area contributed by atoms with Crippen molar-refractivity contribution in [3.8, 4) is 0 Å². The number of piperidine rings is 1. The summed E-state index contributed by atoms with van der Waals surface area (Å²) in [6, 6.07) is -0.156. The number of aryl methyl sites for hydroxylation is 1. The van der Waals surface area contributed by atoms with Crippen LogP contribution in [0.3, 0.4) is 0 Å². The number of sulfonamides is 1. The molecule has 1 unspecified atom stereocenters. The Labute approximate surface area is 162 Å². The lowest BCUT2D eigenvalue weighted by atomic mass is 10.1. The third kappa shape index (κ3) is 5.08. The van der Waals surface area contributed by atoms with Crippen LogP contribution in [0, 0.1) is 0 Å². The van der Waals surface area contributed by atoms with E-state index >= 15 is 0 Å². The summed E-state index contributed by atoms with van der Waals surface area (Å²) >= 11 is 0. The summed E-state index contributed by atoms with van der Waals surface area (Å²) in [6.07, 6.45) is 9.54. The van der Waals surface area contributed by atoms with Crippen LogP contribution >= 0.6 is 0 Å². The van der Waals surface area contributed by atoms with Crippen molar-refractivity contribution < 1.29 is 13.2 Å². The van der Waals surface area contributed by atoms with E-state index in [1.165, 1.54) is 19.1 Å². The van der Waals surface area contributed by atoms with E-state index in [0.29, 0.717) is 25.5 Å². The minimum Gasteiger partial charge on any atom is -0.334 e. The Bertz CT molecular complexity index is 742. The van der Waals surface area contributed by atoms with Crippen LogP contribution in [0.2, 0.25) is 0 Å². The van der Waals surface area contributed by atoms with Gasteiger partial charge in [-0.1, -0.05) is 0 Å². The molecule has 2 aliphatic heterocycles. The normalized spacial score (nSPS) is 21.9. The van der Waals surface area contributed by atoms with Gasteiger partial charge in [0, 0.05) is 45.1 Å². The highest BCUT2D eigenvalue weighted by molar-refractivity contribution is 7.88. The van der Waals surface area contributed by atoms with Crippen molar-refractivity contribution in [1.29, 1.82) is 0 Å². The molecule has 0 aromatic carbocycles. The number of hydrogen-bond acceptors (Lipinski definition) is 5. The van der Waals surface area contributed by atoms with E-state index in [-0.39, 0.29) is 11.9 Å². The molecule has 2 saturated heterocycles. The average molecular weight is 398 g/mol. The molecule has 8 nitrogen and oxygen atoms in total. The molecule has 152 valence electrons. The Morgan fingerprint density at radius 3 is 2.63 bits per heavy atom. The Morgan fingerprint density at radius 2 is 2.00 bits per heavy atom. The smallest absolute Gasteiger partial charge is 0.289 e. The SMILES string of the molecule is Cn1ccnc1C(=O)N1CCCC(N(CCCN2CCCC2)S(C)(=O)=O)C1. The molecule has 1 atom stereocenters. The average Bonchev–Trinajstić information content (AvgIpc) is 3.28. The molecule has 0 N–H and O–H groups in total. The topological polar surface area (TPSA) is 78.8 Å². The fourth-order valence-electron chi connectivity index (χ4n) is 4.16. The molecule has 0 bridgehead atoms. The Morgan fingerprint density at radius 1 is 1.26 bits per heavy atom. The molecule has 3 heterocycles. The summed E-state index contributed by atoms with van der Waals surface area (Å²) < 4.78 is 28.1. The largest absolute Gasteiger partial charge is 0.334 e. The van der Waals surface area contributed by atoms with Gasteiger partial charge in [-0.05, 0) is 51.7 Å². The predicted molar refractivity (Wildman–Crippen MR) is 104 cm³/mol. The van der Waals surface area contributed by atoms with Gasteiger partial charge >= 0.3 is 0 Å². The molecule has 1 aromatic heterocycles. The summed E-state index contributed by atoms with van der Waals surface area (Å²) in [6.45, 7) is 4.78. The van der Waals surface area contributed by atoms with Gasteiger partial charge in [-0.15, -0.1) is 0 Å². The molecule has 2 aliphatic rings. The number of likely N-dealkylation sites (tertiary alicyclic amines) is 2. The lowest BCUT2D eigenvalue weighted by Crippen LogP contribution is -2.52. The van der Waals surface area contributed by atoms with Gasteiger partial charge in [0.15, 0.2) is 5.82 Å². The number of aromatic nitrogens is 2. The number of nitrogens with zero attached hydrogens (tertiary/aromatic N) is 5. The zero-order chi connectivity index (χ0) is 19.4. The fraction of sp³-hybridized carbons (Fsp3) is 0.778. The number of carbonyl (C=O) groups excluding carboxylic acids is 1. The van der Waals surface area contributed by atoms with Crippen molar-refractivity contribution in [2.75, 3.05) is 45.5 Å². The van der Waals surface area contributed by atoms with Gasteiger partial charge in [0.2, 0.25) is 10.0 Å². The number of imidazole rings is 1. The Hall–Kier alpha value is -1.45. The summed E-state index contributed by atoms with van der Waals surface area (Å²) in [5.41, 5.74) is 0. The van der Waals surface area contributed by atoms with E-state index in [1.54, 1.807) is 33.2 Å². The van der Waals surface area contributed by atoms with Gasteiger partial charge in [-0.2, -0.15) is 4.31 Å². The molecule has 9 heteroatoms. The predicted octanol–water partition coefficient (Wildman–Crippen LogP) is 0.772. The maximum Gasteiger partial charge on any atom is 0.289 e. The molecule has 0 radical (unpaired) electrons. The number of rotatable bonds is 7. The van der Waals surface area contributed by atoms with Gasteiger partial charge in [0.1, 0.15) is 0 Å². The minimum atomic E-state index is -3.32. The number of hydrogen-bond donors (Lipinski definition) is 0. The number of carbonyl (C=O) groups is 1. The zero-order valence-corrected chi connectivity index (χ0v) is 17.2. The van der Waals surface area contributed by atoms with E-state index in [1.807, 2.05) is 0 Å². The van der Waals surface area contributed by atoms with Crippen molar-refractivity contribution >= 4 is 15.9 Å².